The number of sulfonamides is 1. The van der Waals surface area contributed by atoms with Crippen LogP contribution < -0.4 is 0 Å². The molecule has 2 aromatic rings. The van der Waals surface area contributed by atoms with E-state index in [0.29, 0.717) is 31.1 Å². The standard InChI is InChI=1S/C20H25N3O3S/c24-20(21-10-4-1-5-11-21)22-12-14-23(15-13-22)27(25,26)19-9-8-17-6-2-3-7-18(17)16-19/h2-3,6-9,16H,1,4-5,10-15H2. The molecule has 0 spiro atoms. The van der Waals surface area contributed by atoms with E-state index in [4.69, 9.17) is 0 Å². The molecule has 0 unspecified atom stereocenters. The van der Waals surface area contributed by atoms with Crippen molar-refractivity contribution in [1.82, 2.24) is 14.1 Å². The van der Waals surface area contributed by atoms with Gasteiger partial charge in [0, 0.05) is 39.3 Å². The number of likely N-dealkylation sites (tertiary alicyclic amines) is 1. The average molecular weight is 388 g/mol. The number of benzene rings is 2. The molecule has 6 nitrogen and oxygen atoms in total. The molecule has 7 heteroatoms. The molecule has 0 N–H and O–H groups in total. The van der Waals surface area contributed by atoms with Gasteiger partial charge in [-0.1, -0.05) is 30.3 Å². The first-order valence-electron chi connectivity index (χ1n) is 9.58. The fourth-order valence-electron chi connectivity index (χ4n) is 3.88. The fraction of sp³-hybridized carbons (Fsp3) is 0.450. The summed E-state index contributed by atoms with van der Waals surface area (Å²) in [7, 11) is -3.55. The van der Waals surface area contributed by atoms with Crippen LogP contribution in [0.15, 0.2) is 47.4 Å². The van der Waals surface area contributed by atoms with E-state index < -0.39 is 10.0 Å². The number of urea groups is 1. The number of piperazine rings is 1. The normalized spacial score (nSPS) is 19.4. The van der Waals surface area contributed by atoms with Gasteiger partial charge in [-0.25, -0.2) is 13.2 Å². The number of rotatable bonds is 2. The van der Waals surface area contributed by atoms with E-state index in [9.17, 15) is 13.2 Å². The second-order valence-corrected chi connectivity index (χ2v) is 9.17. The summed E-state index contributed by atoms with van der Waals surface area (Å²) < 4.78 is 27.5. The Balaban J connectivity index is 1.45. The maximum atomic E-state index is 13.0. The molecule has 2 aliphatic heterocycles. The lowest BCUT2D eigenvalue weighted by atomic mass is 10.1. The van der Waals surface area contributed by atoms with Crippen molar-refractivity contribution in [3.63, 3.8) is 0 Å². The summed E-state index contributed by atoms with van der Waals surface area (Å²) in [5.74, 6) is 0. The number of hydrogen-bond donors (Lipinski definition) is 0. The number of carbonyl (C=O) groups excluding carboxylic acids is 1. The van der Waals surface area contributed by atoms with E-state index in [1.54, 1.807) is 17.0 Å². The van der Waals surface area contributed by atoms with Gasteiger partial charge in [-0.3, -0.25) is 0 Å². The zero-order valence-corrected chi connectivity index (χ0v) is 16.2. The van der Waals surface area contributed by atoms with Crippen molar-refractivity contribution in [3.8, 4) is 0 Å². The molecule has 0 atom stereocenters. The lowest BCUT2D eigenvalue weighted by molar-refractivity contribution is 0.126. The highest BCUT2D eigenvalue weighted by atomic mass is 32.2. The lowest BCUT2D eigenvalue weighted by Gasteiger charge is -2.38. The summed E-state index contributed by atoms with van der Waals surface area (Å²) in [4.78, 5) is 16.6. The number of hydrogen-bond acceptors (Lipinski definition) is 3. The zero-order valence-electron chi connectivity index (χ0n) is 15.4. The first-order valence-corrected chi connectivity index (χ1v) is 11.0. The molecular weight excluding hydrogens is 362 g/mol. The third kappa shape index (κ3) is 3.66. The highest BCUT2D eigenvalue weighted by Crippen LogP contribution is 2.23. The number of amides is 2. The van der Waals surface area contributed by atoms with Crippen molar-refractivity contribution in [1.29, 1.82) is 0 Å². The van der Waals surface area contributed by atoms with Gasteiger partial charge in [0.2, 0.25) is 10.0 Å². The van der Waals surface area contributed by atoms with Crippen molar-refractivity contribution >= 4 is 26.8 Å². The van der Waals surface area contributed by atoms with Crippen LogP contribution in [0.25, 0.3) is 10.8 Å². The summed E-state index contributed by atoms with van der Waals surface area (Å²) >= 11 is 0. The van der Waals surface area contributed by atoms with Crippen LogP contribution >= 0.6 is 0 Å². The van der Waals surface area contributed by atoms with Gasteiger partial charge in [0.15, 0.2) is 0 Å². The van der Waals surface area contributed by atoms with E-state index in [1.165, 1.54) is 10.7 Å². The Kier molecular flexibility index (Phi) is 5.06. The van der Waals surface area contributed by atoms with Crippen LogP contribution in [0.3, 0.4) is 0 Å². The Morgan fingerprint density at radius 2 is 1.37 bits per heavy atom. The zero-order chi connectivity index (χ0) is 18.9. The molecule has 27 heavy (non-hydrogen) atoms. The van der Waals surface area contributed by atoms with Crippen molar-refractivity contribution in [2.24, 2.45) is 0 Å². The molecule has 0 aromatic heterocycles. The molecule has 0 bridgehead atoms. The van der Waals surface area contributed by atoms with Gasteiger partial charge in [-0.15, -0.1) is 0 Å². The van der Waals surface area contributed by atoms with Crippen molar-refractivity contribution in [3.05, 3.63) is 42.5 Å². The Hall–Kier alpha value is -2.12. The predicted octanol–water partition coefficient (Wildman–Crippen LogP) is 2.75. The quantitative estimate of drug-likeness (QED) is 0.796. The third-order valence-electron chi connectivity index (χ3n) is 5.49. The topological polar surface area (TPSA) is 60.9 Å². The molecule has 2 aromatic carbocycles. The summed E-state index contributed by atoms with van der Waals surface area (Å²) in [5.41, 5.74) is 0. The predicted molar refractivity (Wildman–Crippen MR) is 105 cm³/mol. The summed E-state index contributed by atoms with van der Waals surface area (Å²) in [6, 6.07) is 13.0. The smallest absolute Gasteiger partial charge is 0.320 e. The van der Waals surface area contributed by atoms with E-state index in [1.807, 2.05) is 35.2 Å². The summed E-state index contributed by atoms with van der Waals surface area (Å²) in [6.07, 6.45) is 3.30. The SMILES string of the molecule is O=C(N1CCCCC1)N1CCN(S(=O)(=O)c2ccc3ccccc3c2)CC1. The molecule has 4 rings (SSSR count). The molecule has 144 valence electrons. The maximum Gasteiger partial charge on any atom is 0.320 e. The van der Waals surface area contributed by atoms with E-state index >= 15 is 0 Å². The Labute approximate surface area is 160 Å². The van der Waals surface area contributed by atoms with Crippen LogP contribution in [0.5, 0.6) is 0 Å². The molecule has 2 saturated heterocycles. The van der Waals surface area contributed by atoms with Gasteiger partial charge in [-0.2, -0.15) is 4.31 Å². The minimum atomic E-state index is -3.55. The van der Waals surface area contributed by atoms with Crippen LogP contribution in [-0.2, 0) is 10.0 Å². The largest absolute Gasteiger partial charge is 0.325 e. The van der Waals surface area contributed by atoms with Gasteiger partial charge in [-0.05, 0) is 42.2 Å². The average Bonchev–Trinajstić information content (AvgIpc) is 2.73. The summed E-state index contributed by atoms with van der Waals surface area (Å²) in [5, 5.41) is 1.94. The van der Waals surface area contributed by atoms with E-state index in [2.05, 4.69) is 0 Å². The molecule has 2 heterocycles. The van der Waals surface area contributed by atoms with Gasteiger partial charge in [0.1, 0.15) is 0 Å². The molecule has 0 radical (unpaired) electrons. The number of piperidine rings is 1. The van der Waals surface area contributed by atoms with Gasteiger partial charge >= 0.3 is 6.03 Å². The summed E-state index contributed by atoms with van der Waals surface area (Å²) in [6.45, 7) is 3.21. The highest BCUT2D eigenvalue weighted by Gasteiger charge is 2.32. The van der Waals surface area contributed by atoms with Crippen LogP contribution in [0.4, 0.5) is 4.79 Å². The van der Waals surface area contributed by atoms with Crippen molar-refractivity contribution in [2.75, 3.05) is 39.3 Å². The maximum absolute atomic E-state index is 13.0. The molecule has 2 amide bonds. The number of nitrogens with zero attached hydrogens (tertiary/aromatic N) is 3. The van der Waals surface area contributed by atoms with Crippen LogP contribution in [0, 0.1) is 0 Å². The minimum absolute atomic E-state index is 0.0532. The van der Waals surface area contributed by atoms with Crippen molar-refractivity contribution in [2.45, 2.75) is 24.2 Å². The van der Waals surface area contributed by atoms with Gasteiger partial charge in [0.05, 0.1) is 4.90 Å². The third-order valence-corrected chi connectivity index (χ3v) is 7.39. The van der Waals surface area contributed by atoms with Crippen LogP contribution in [-0.4, -0.2) is 67.8 Å². The lowest BCUT2D eigenvalue weighted by Crippen LogP contribution is -2.54. The van der Waals surface area contributed by atoms with E-state index in [-0.39, 0.29) is 6.03 Å². The van der Waals surface area contributed by atoms with Gasteiger partial charge < -0.3 is 9.80 Å². The Morgan fingerprint density at radius 1 is 0.741 bits per heavy atom. The van der Waals surface area contributed by atoms with Crippen LogP contribution in [0.1, 0.15) is 19.3 Å². The second-order valence-electron chi connectivity index (χ2n) is 7.23. The first kappa shape index (κ1) is 18.3. The first-order chi connectivity index (χ1) is 13.1. The molecule has 2 fully saturated rings. The molecule has 0 aliphatic carbocycles. The molecular formula is C20H25N3O3S. The van der Waals surface area contributed by atoms with Gasteiger partial charge in [0.25, 0.3) is 0 Å². The number of carbonyl (C=O) groups is 1. The fourth-order valence-corrected chi connectivity index (χ4v) is 5.34. The Morgan fingerprint density at radius 3 is 2.07 bits per heavy atom. The minimum Gasteiger partial charge on any atom is -0.325 e. The monoisotopic (exact) mass is 387 g/mol. The second kappa shape index (κ2) is 7.48. The Bertz CT molecular complexity index is 930. The van der Waals surface area contributed by atoms with E-state index in [0.717, 1.165) is 36.7 Å². The number of fused-ring (bicyclic) bond motifs is 1. The van der Waals surface area contributed by atoms with Crippen LogP contribution in [0.2, 0.25) is 0 Å². The molecule has 0 saturated carbocycles. The molecule has 2 aliphatic rings. The highest BCUT2D eigenvalue weighted by molar-refractivity contribution is 7.89. The van der Waals surface area contributed by atoms with Crippen molar-refractivity contribution < 1.29 is 13.2 Å².